The molecule has 3 heterocycles. The number of pyridine rings is 1. The third-order valence-corrected chi connectivity index (χ3v) is 8.67. The SMILES string of the molecule is COc1ncc(-c2ccc3ncnc(N4CCN(C(=O)/C=C/C(C)=O)[C@@H](CC#N)C4)c3c2)cc1NS(=O)(=O)c1ccc(F)cc1F. The summed E-state index contributed by atoms with van der Waals surface area (Å²) in [6, 6.07) is 10.6. The summed E-state index contributed by atoms with van der Waals surface area (Å²) < 4.78 is 61.3. The number of hydrogen-bond acceptors (Lipinski definition) is 10. The molecule has 1 aliphatic rings. The highest BCUT2D eigenvalue weighted by Crippen LogP contribution is 2.34. The van der Waals surface area contributed by atoms with E-state index in [4.69, 9.17) is 4.74 Å². The molecule has 0 unspecified atom stereocenters. The average Bonchev–Trinajstić information content (AvgIpc) is 3.02. The van der Waals surface area contributed by atoms with Crippen LogP contribution >= 0.6 is 0 Å². The fourth-order valence-electron chi connectivity index (χ4n) is 5.12. The lowest BCUT2D eigenvalue weighted by atomic mass is 10.0. The highest BCUT2D eigenvalue weighted by atomic mass is 32.2. The number of piperazine rings is 1. The van der Waals surface area contributed by atoms with E-state index in [1.54, 1.807) is 23.1 Å². The number of allylic oxidation sites excluding steroid dienone is 1. The molecule has 236 valence electrons. The molecule has 0 radical (unpaired) electrons. The highest BCUT2D eigenvalue weighted by molar-refractivity contribution is 7.92. The summed E-state index contributed by atoms with van der Waals surface area (Å²) >= 11 is 0. The maximum atomic E-state index is 14.3. The first-order valence-electron chi connectivity index (χ1n) is 13.9. The largest absolute Gasteiger partial charge is 0.480 e. The summed E-state index contributed by atoms with van der Waals surface area (Å²) in [7, 11) is -3.19. The summed E-state index contributed by atoms with van der Waals surface area (Å²) in [5, 5.41) is 10.1. The Hall–Kier alpha value is -5.49. The molecule has 0 aliphatic carbocycles. The van der Waals surface area contributed by atoms with E-state index in [1.165, 1.54) is 44.8 Å². The van der Waals surface area contributed by atoms with Gasteiger partial charge >= 0.3 is 0 Å². The standard InChI is InChI=1S/C31H27F2N7O5S/c1-19(41)3-8-29(42)40-12-11-39(17-23(40)9-10-34)30-24-13-20(4-6-26(24)36-18-37-30)21-14-27(31(45-2)35-16-21)38-46(43,44)28-7-5-22(32)15-25(28)33/h3-8,13-16,18,23,38H,9,11-12,17H2,1-2H3/b8-3+/t23-/m0/s1. The molecule has 5 rings (SSSR count). The van der Waals surface area contributed by atoms with E-state index in [1.807, 2.05) is 4.90 Å². The highest BCUT2D eigenvalue weighted by Gasteiger charge is 2.31. The predicted molar refractivity (Wildman–Crippen MR) is 164 cm³/mol. The third-order valence-electron chi connectivity index (χ3n) is 7.27. The topological polar surface area (TPSA) is 158 Å². The number of hydrogen-bond donors (Lipinski definition) is 1. The zero-order chi connectivity index (χ0) is 33.0. The van der Waals surface area contributed by atoms with Gasteiger partial charge in [-0.15, -0.1) is 0 Å². The number of benzene rings is 2. The number of amides is 1. The molecule has 0 saturated carbocycles. The van der Waals surface area contributed by atoms with Crippen LogP contribution in [-0.2, 0) is 19.6 Å². The van der Waals surface area contributed by atoms with Gasteiger partial charge in [-0.2, -0.15) is 5.26 Å². The van der Waals surface area contributed by atoms with Gasteiger partial charge < -0.3 is 14.5 Å². The number of sulfonamides is 1. The summed E-state index contributed by atoms with van der Waals surface area (Å²) in [4.78, 5) is 40.0. The van der Waals surface area contributed by atoms with Crippen LogP contribution in [0.2, 0.25) is 0 Å². The van der Waals surface area contributed by atoms with E-state index in [2.05, 4.69) is 25.7 Å². The fourth-order valence-corrected chi connectivity index (χ4v) is 6.22. The minimum atomic E-state index is -4.49. The number of nitriles is 1. The average molecular weight is 648 g/mol. The predicted octanol–water partition coefficient (Wildman–Crippen LogP) is 3.86. The normalized spacial score (nSPS) is 15.2. The lowest BCUT2D eigenvalue weighted by Gasteiger charge is -2.41. The Morgan fingerprint density at radius 1 is 1.09 bits per heavy atom. The monoisotopic (exact) mass is 647 g/mol. The number of ether oxygens (including phenoxy) is 1. The van der Waals surface area contributed by atoms with Gasteiger partial charge in [-0.25, -0.2) is 32.2 Å². The molecular weight excluding hydrogens is 620 g/mol. The number of methoxy groups -OCH3 is 1. The molecule has 1 fully saturated rings. The van der Waals surface area contributed by atoms with Crippen molar-refractivity contribution in [1.29, 1.82) is 5.26 Å². The Kier molecular flexibility index (Phi) is 9.19. The van der Waals surface area contributed by atoms with Crippen LogP contribution in [0.25, 0.3) is 22.0 Å². The first-order valence-corrected chi connectivity index (χ1v) is 15.4. The van der Waals surface area contributed by atoms with Gasteiger partial charge in [0.2, 0.25) is 11.8 Å². The Bertz CT molecular complexity index is 2020. The summed E-state index contributed by atoms with van der Waals surface area (Å²) in [5.41, 5.74) is 1.63. The zero-order valence-electron chi connectivity index (χ0n) is 24.6. The quantitative estimate of drug-likeness (QED) is 0.265. The Balaban J connectivity index is 1.48. The molecule has 1 atom stereocenters. The van der Waals surface area contributed by atoms with Gasteiger partial charge in [0.25, 0.3) is 10.0 Å². The number of anilines is 2. The van der Waals surface area contributed by atoms with Crippen LogP contribution in [0.4, 0.5) is 20.3 Å². The summed E-state index contributed by atoms with van der Waals surface area (Å²) in [6.45, 7) is 2.34. The van der Waals surface area contributed by atoms with Crippen molar-refractivity contribution in [3.8, 4) is 23.1 Å². The molecule has 2 aromatic heterocycles. The number of carbonyl (C=O) groups is 2. The second-order valence-corrected chi connectivity index (χ2v) is 12.0. The van der Waals surface area contributed by atoms with Crippen LogP contribution in [0.15, 0.2) is 72.0 Å². The van der Waals surface area contributed by atoms with Crippen LogP contribution in [0.3, 0.4) is 0 Å². The van der Waals surface area contributed by atoms with Crippen molar-refractivity contribution in [2.24, 2.45) is 0 Å². The molecule has 0 spiro atoms. The van der Waals surface area contributed by atoms with Gasteiger partial charge in [0.1, 0.15) is 34.4 Å². The lowest BCUT2D eigenvalue weighted by Crippen LogP contribution is -2.55. The fraction of sp³-hybridized carbons (Fsp3) is 0.226. The van der Waals surface area contributed by atoms with Gasteiger partial charge in [0.15, 0.2) is 5.78 Å². The van der Waals surface area contributed by atoms with E-state index >= 15 is 0 Å². The molecule has 1 aliphatic heterocycles. The first-order chi connectivity index (χ1) is 22.0. The molecule has 0 bridgehead atoms. The molecular formula is C31H27F2N7O5S. The number of fused-ring (bicyclic) bond motifs is 1. The number of aromatic nitrogens is 3. The molecule has 1 amide bonds. The number of carbonyl (C=O) groups excluding carboxylic acids is 2. The van der Waals surface area contributed by atoms with E-state index in [0.29, 0.717) is 53.5 Å². The second-order valence-electron chi connectivity index (χ2n) is 10.3. The number of nitrogens with zero attached hydrogens (tertiary/aromatic N) is 6. The van der Waals surface area contributed by atoms with Crippen molar-refractivity contribution in [2.75, 3.05) is 36.4 Å². The van der Waals surface area contributed by atoms with Crippen LogP contribution in [-0.4, -0.2) is 72.7 Å². The van der Waals surface area contributed by atoms with Crippen LogP contribution < -0.4 is 14.4 Å². The van der Waals surface area contributed by atoms with Crippen molar-refractivity contribution in [2.45, 2.75) is 24.3 Å². The molecule has 1 saturated heterocycles. The van der Waals surface area contributed by atoms with Crippen LogP contribution in [0.1, 0.15) is 13.3 Å². The van der Waals surface area contributed by atoms with Crippen molar-refractivity contribution >= 4 is 44.1 Å². The van der Waals surface area contributed by atoms with Crippen molar-refractivity contribution in [3.05, 3.63) is 78.8 Å². The Morgan fingerprint density at radius 2 is 1.89 bits per heavy atom. The van der Waals surface area contributed by atoms with E-state index in [-0.39, 0.29) is 29.7 Å². The van der Waals surface area contributed by atoms with E-state index in [0.717, 1.165) is 12.1 Å². The Labute approximate surface area is 263 Å². The maximum absolute atomic E-state index is 14.3. The first kappa shape index (κ1) is 31.9. The molecule has 12 nitrogen and oxygen atoms in total. The summed E-state index contributed by atoms with van der Waals surface area (Å²) in [5.74, 6) is -2.30. The minimum absolute atomic E-state index is 0.0719. The van der Waals surface area contributed by atoms with Crippen molar-refractivity contribution in [3.63, 3.8) is 0 Å². The maximum Gasteiger partial charge on any atom is 0.264 e. The molecule has 46 heavy (non-hydrogen) atoms. The van der Waals surface area contributed by atoms with Gasteiger partial charge in [0, 0.05) is 48.9 Å². The minimum Gasteiger partial charge on any atom is -0.480 e. The summed E-state index contributed by atoms with van der Waals surface area (Å²) in [6.07, 6.45) is 5.37. The van der Waals surface area contributed by atoms with Gasteiger partial charge in [-0.1, -0.05) is 6.07 Å². The van der Waals surface area contributed by atoms with Gasteiger partial charge in [-0.3, -0.25) is 14.3 Å². The number of halogens is 2. The smallest absolute Gasteiger partial charge is 0.264 e. The van der Waals surface area contributed by atoms with Crippen LogP contribution in [0.5, 0.6) is 5.88 Å². The zero-order valence-corrected chi connectivity index (χ0v) is 25.5. The van der Waals surface area contributed by atoms with Gasteiger partial charge in [0.05, 0.1) is 31.2 Å². The lowest BCUT2D eigenvalue weighted by molar-refractivity contribution is -0.128. The third kappa shape index (κ3) is 6.76. The molecule has 1 N–H and O–H groups in total. The van der Waals surface area contributed by atoms with Crippen molar-refractivity contribution in [1.82, 2.24) is 19.9 Å². The second kappa shape index (κ2) is 13.2. The number of ketones is 1. The molecule has 4 aromatic rings. The van der Waals surface area contributed by atoms with Crippen molar-refractivity contribution < 1.29 is 31.5 Å². The molecule has 2 aromatic carbocycles. The Morgan fingerprint density at radius 3 is 2.61 bits per heavy atom. The van der Waals surface area contributed by atoms with E-state index in [9.17, 15) is 32.0 Å². The number of nitrogens with one attached hydrogen (secondary N) is 1. The van der Waals surface area contributed by atoms with Gasteiger partial charge in [-0.05, 0) is 48.9 Å². The number of rotatable bonds is 9. The molecule has 15 heteroatoms. The van der Waals surface area contributed by atoms with E-state index < -0.39 is 32.6 Å². The van der Waals surface area contributed by atoms with Crippen LogP contribution in [0, 0.1) is 23.0 Å².